The third-order valence-electron chi connectivity index (χ3n) is 8.53. The van der Waals surface area contributed by atoms with E-state index in [2.05, 4.69) is 100 Å². The van der Waals surface area contributed by atoms with Gasteiger partial charge in [-0.15, -0.1) is 11.3 Å². The maximum Gasteiger partial charge on any atom is 0.0993 e. The molecule has 0 atom stereocenters. The Bertz CT molecular complexity index is 2710. The normalized spacial score (nSPS) is 11.7. The summed E-state index contributed by atoms with van der Waals surface area (Å²) in [6.45, 7) is 0. The number of hydrogen-bond acceptors (Lipinski definition) is 3. The lowest BCUT2D eigenvalue weighted by atomic mass is 10.1. The Balaban J connectivity index is 1.40. The van der Waals surface area contributed by atoms with Crippen LogP contribution in [-0.4, -0.2) is 9.13 Å². The molecule has 3 aromatic heterocycles. The molecule has 0 spiro atoms. The summed E-state index contributed by atoms with van der Waals surface area (Å²) >= 11 is 1.83. The standard InChI is InChI=1S/C38H20N4S/c39-21-23-13-14-33-30(19-23)27-7-1-4-10-31(27)41(33)25-17-24(22-40)18-26(20-25)42-32-11-5-2-8-28(32)37-34(42)15-16-36-38(37)29-9-3-6-12-35(29)43-36/h1-20H. The molecular formula is C38H20N4S. The number of aromatic nitrogens is 2. The Morgan fingerprint density at radius 3 is 1.81 bits per heavy atom. The first-order valence-corrected chi connectivity index (χ1v) is 14.9. The van der Waals surface area contributed by atoms with E-state index in [1.54, 1.807) is 0 Å². The van der Waals surface area contributed by atoms with Crippen LogP contribution in [0.5, 0.6) is 0 Å². The minimum atomic E-state index is 0.583. The highest BCUT2D eigenvalue weighted by molar-refractivity contribution is 7.26. The summed E-state index contributed by atoms with van der Waals surface area (Å²) in [6.07, 6.45) is 0. The van der Waals surface area contributed by atoms with Gasteiger partial charge in [0, 0.05) is 53.1 Å². The Morgan fingerprint density at radius 1 is 0.442 bits per heavy atom. The molecule has 0 aliphatic rings. The summed E-state index contributed by atoms with van der Waals surface area (Å²) in [4.78, 5) is 0. The second-order valence-electron chi connectivity index (χ2n) is 10.8. The summed E-state index contributed by atoms with van der Waals surface area (Å²) in [7, 11) is 0. The number of nitriles is 2. The van der Waals surface area contributed by atoms with Crippen LogP contribution >= 0.6 is 11.3 Å². The SMILES string of the molecule is N#Cc1cc(-n2c3ccccc3c3cc(C#N)ccc32)cc(-n2c3ccccc3c3c4c(ccc32)sc2ccccc24)c1. The molecule has 9 rings (SSSR count). The molecule has 6 aromatic carbocycles. The molecule has 0 bridgehead atoms. The lowest BCUT2D eigenvalue weighted by Crippen LogP contribution is -2.00. The molecule has 0 saturated carbocycles. The van der Waals surface area contributed by atoms with Crippen molar-refractivity contribution >= 4 is 75.1 Å². The van der Waals surface area contributed by atoms with Crippen LogP contribution in [-0.2, 0) is 0 Å². The van der Waals surface area contributed by atoms with Crippen molar-refractivity contribution in [2.24, 2.45) is 0 Å². The van der Waals surface area contributed by atoms with Crippen molar-refractivity contribution in [2.75, 3.05) is 0 Å². The van der Waals surface area contributed by atoms with E-state index in [0.29, 0.717) is 11.1 Å². The molecule has 43 heavy (non-hydrogen) atoms. The smallest absolute Gasteiger partial charge is 0.0993 e. The zero-order chi connectivity index (χ0) is 28.7. The van der Waals surface area contributed by atoms with Gasteiger partial charge in [0.05, 0.1) is 45.3 Å². The predicted molar refractivity (Wildman–Crippen MR) is 177 cm³/mol. The van der Waals surface area contributed by atoms with Crippen LogP contribution < -0.4 is 0 Å². The number of fused-ring (bicyclic) bond motifs is 10. The van der Waals surface area contributed by atoms with Gasteiger partial charge in [0.25, 0.3) is 0 Å². The summed E-state index contributed by atoms with van der Waals surface area (Å²) in [5.74, 6) is 0. The van der Waals surface area contributed by atoms with Crippen molar-refractivity contribution in [1.29, 1.82) is 10.5 Å². The fourth-order valence-electron chi connectivity index (χ4n) is 6.79. The van der Waals surface area contributed by atoms with Crippen LogP contribution in [0.3, 0.4) is 0 Å². The fraction of sp³-hybridized carbons (Fsp3) is 0. The summed E-state index contributed by atoms with van der Waals surface area (Å²) in [5.41, 5.74) is 7.27. The Hall–Kier alpha value is -5.88. The predicted octanol–water partition coefficient (Wildman–Crippen LogP) is 9.99. The van der Waals surface area contributed by atoms with Crippen molar-refractivity contribution in [2.45, 2.75) is 0 Å². The largest absolute Gasteiger partial charge is 0.309 e. The lowest BCUT2D eigenvalue weighted by Gasteiger charge is -2.14. The van der Waals surface area contributed by atoms with Gasteiger partial charge in [0.2, 0.25) is 0 Å². The minimum Gasteiger partial charge on any atom is -0.309 e. The molecule has 0 aliphatic heterocycles. The molecule has 3 heterocycles. The highest BCUT2D eigenvalue weighted by atomic mass is 32.1. The van der Waals surface area contributed by atoms with Crippen LogP contribution in [0.1, 0.15) is 11.1 Å². The Morgan fingerprint density at radius 2 is 1.05 bits per heavy atom. The van der Waals surface area contributed by atoms with Crippen molar-refractivity contribution < 1.29 is 0 Å². The number of para-hydroxylation sites is 2. The van der Waals surface area contributed by atoms with E-state index in [9.17, 15) is 10.5 Å². The summed E-state index contributed by atoms with van der Waals surface area (Å²) in [5, 5.41) is 26.9. The fourth-order valence-corrected chi connectivity index (χ4v) is 7.90. The first kappa shape index (κ1) is 23.8. The van der Waals surface area contributed by atoms with Gasteiger partial charge in [0.15, 0.2) is 0 Å². The first-order chi connectivity index (χ1) is 21.2. The third kappa shape index (κ3) is 3.29. The number of thiophene rings is 1. The van der Waals surface area contributed by atoms with E-state index in [0.717, 1.165) is 44.2 Å². The molecular weight excluding hydrogens is 545 g/mol. The minimum absolute atomic E-state index is 0.583. The van der Waals surface area contributed by atoms with E-state index in [-0.39, 0.29) is 0 Å². The highest BCUT2D eigenvalue weighted by Crippen LogP contribution is 2.43. The first-order valence-electron chi connectivity index (χ1n) is 14.1. The number of benzene rings is 6. The van der Waals surface area contributed by atoms with Crippen LogP contribution in [0.4, 0.5) is 0 Å². The number of hydrogen-bond donors (Lipinski definition) is 0. The molecule has 4 nitrogen and oxygen atoms in total. The zero-order valence-electron chi connectivity index (χ0n) is 22.7. The molecule has 5 heteroatoms. The monoisotopic (exact) mass is 564 g/mol. The van der Waals surface area contributed by atoms with Crippen LogP contribution in [0.25, 0.3) is 75.2 Å². The topological polar surface area (TPSA) is 57.4 Å². The maximum absolute atomic E-state index is 10.2. The van der Waals surface area contributed by atoms with E-state index in [4.69, 9.17) is 0 Å². The van der Waals surface area contributed by atoms with Gasteiger partial charge in [-0.1, -0.05) is 54.6 Å². The lowest BCUT2D eigenvalue weighted by molar-refractivity contribution is 1.13. The van der Waals surface area contributed by atoms with Crippen LogP contribution in [0.2, 0.25) is 0 Å². The molecule has 0 radical (unpaired) electrons. The molecule has 0 N–H and O–H groups in total. The average Bonchev–Trinajstić information content (AvgIpc) is 3.71. The van der Waals surface area contributed by atoms with Gasteiger partial charge in [-0.05, 0) is 66.7 Å². The van der Waals surface area contributed by atoms with Crippen molar-refractivity contribution in [1.82, 2.24) is 9.13 Å². The summed E-state index contributed by atoms with van der Waals surface area (Å²) in [6, 6.07) is 46.5. The van der Waals surface area contributed by atoms with E-state index >= 15 is 0 Å². The van der Waals surface area contributed by atoms with Crippen molar-refractivity contribution in [3.63, 3.8) is 0 Å². The van der Waals surface area contributed by atoms with Gasteiger partial charge in [-0.25, -0.2) is 0 Å². The molecule has 0 aliphatic carbocycles. The van der Waals surface area contributed by atoms with Crippen molar-refractivity contribution in [3.8, 4) is 23.5 Å². The van der Waals surface area contributed by atoms with Gasteiger partial charge in [-0.3, -0.25) is 0 Å². The molecule has 9 aromatic rings. The van der Waals surface area contributed by atoms with Gasteiger partial charge in [0.1, 0.15) is 0 Å². The molecule has 0 amide bonds. The van der Waals surface area contributed by atoms with Crippen molar-refractivity contribution in [3.05, 3.63) is 132 Å². The molecule has 0 saturated heterocycles. The van der Waals surface area contributed by atoms with Gasteiger partial charge in [-0.2, -0.15) is 10.5 Å². The van der Waals surface area contributed by atoms with E-state index in [1.165, 1.54) is 30.9 Å². The zero-order valence-corrected chi connectivity index (χ0v) is 23.6. The quantitative estimate of drug-likeness (QED) is 0.210. The molecule has 0 unspecified atom stereocenters. The average molecular weight is 565 g/mol. The second kappa shape index (κ2) is 8.81. The van der Waals surface area contributed by atoms with Gasteiger partial charge < -0.3 is 9.13 Å². The third-order valence-corrected chi connectivity index (χ3v) is 9.66. The number of nitrogens with zero attached hydrogens (tertiary/aromatic N) is 4. The molecule has 198 valence electrons. The second-order valence-corrected chi connectivity index (χ2v) is 11.9. The Kier molecular flexibility index (Phi) is 4.87. The summed E-state index contributed by atoms with van der Waals surface area (Å²) < 4.78 is 7.04. The number of rotatable bonds is 2. The van der Waals surface area contributed by atoms with Crippen LogP contribution in [0.15, 0.2) is 121 Å². The van der Waals surface area contributed by atoms with E-state index < -0.39 is 0 Å². The van der Waals surface area contributed by atoms with Gasteiger partial charge >= 0.3 is 0 Å². The molecule has 0 fully saturated rings. The maximum atomic E-state index is 10.2. The highest BCUT2D eigenvalue weighted by Gasteiger charge is 2.19. The Labute approximate surface area is 250 Å². The van der Waals surface area contributed by atoms with E-state index in [1.807, 2.05) is 53.8 Å². The van der Waals surface area contributed by atoms with Crippen LogP contribution in [0, 0.1) is 22.7 Å².